The van der Waals surface area contributed by atoms with E-state index in [1.165, 1.54) is 0 Å². The smallest absolute Gasteiger partial charge is 0.322 e. The molecule has 0 saturated heterocycles. The van der Waals surface area contributed by atoms with Crippen molar-refractivity contribution in [3.8, 4) is 5.69 Å². The van der Waals surface area contributed by atoms with E-state index in [0.29, 0.717) is 22.6 Å². The van der Waals surface area contributed by atoms with Crippen LogP contribution in [-0.2, 0) is 0 Å². The summed E-state index contributed by atoms with van der Waals surface area (Å²) in [5.41, 5.74) is 4.40. The molecular weight excluding hydrogens is 390 g/mol. The fourth-order valence-corrected chi connectivity index (χ4v) is 3.05. The van der Waals surface area contributed by atoms with Gasteiger partial charge in [-0.2, -0.15) is 5.10 Å². The zero-order valence-corrected chi connectivity index (χ0v) is 16.9. The van der Waals surface area contributed by atoms with Gasteiger partial charge >= 0.3 is 6.03 Å². The minimum Gasteiger partial charge on any atom is -0.322 e. The number of para-hydroxylation sites is 1. The molecule has 0 aliphatic carbocycles. The molecule has 31 heavy (non-hydrogen) atoms. The van der Waals surface area contributed by atoms with Crippen LogP contribution in [0.2, 0.25) is 0 Å². The number of aromatic nitrogens is 2. The lowest BCUT2D eigenvalue weighted by molar-refractivity contribution is 0.102. The summed E-state index contributed by atoms with van der Waals surface area (Å²) in [6, 6.07) is 24.9. The summed E-state index contributed by atoms with van der Waals surface area (Å²) in [6.07, 6.45) is 1.74. The minimum atomic E-state index is -0.338. The van der Waals surface area contributed by atoms with Crippen molar-refractivity contribution in [2.75, 3.05) is 16.0 Å². The largest absolute Gasteiger partial charge is 0.323 e. The maximum absolute atomic E-state index is 12.5. The van der Waals surface area contributed by atoms with Crippen molar-refractivity contribution in [3.63, 3.8) is 0 Å². The SMILES string of the molecule is Cc1ccnn1-c1ccc(C(=O)Nc2ccc(NC(=O)Nc3ccccc3)cc2)cc1. The topological polar surface area (TPSA) is 88.1 Å². The van der Waals surface area contributed by atoms with E-state index in [0.717, 1.165) is 11.4 Å². The molecule has 1 heterocycles. The summed E-state index contributed by atoms with van der Waals surface area (Å²) in [5, 5.41) is 12.6. The quantitative estimate of drug-likeness (QED) is 0.428. The first-order valence-corrected chi connectivity index (χ1v) is 9.74. The molecule has 0 atom stereocenters. The number of carbonyl (C=O) groups excluding carboxylic acids is 2. The molecule has 7 heteroatoms. The van der Waals surface area contributed by atoms with E-state index in [9.17, 15) is 9.59 Å². The third-order valence-corrected chi connectivity index (χ3v) is 4.64. The Bertz CT molecular complexity index is 1180. The molecule has 3 aromatic carbocycles. The molecule has 7 nitrogen and oxygen atoms in total. The molecule has 154 valence electrons. The Morgan fingerprint density at radius 3 is 1.87 bits per heavy atom. The Balaban J connectivity index is 1.34. The monoisotopic (exact) mass is 411 g/mol. The molecule has 0 bridgehead atoms. The predicted octanol–water partition coefficient (Wildman–Crippen LogP) is 5.08. The second-order valence-corrected chi connectivity index (χ2v) is 6.91. The standard InChI is InChI=1S/C24H21N5O2/c1-17-15-16-25-29(17)22-13-7-18(8-14-22)23(30)26-20-9-11-21(12-10-20)28-24(31)27-19-5-3-2-4-6-19/h2-16H,1H3,(H,26,30)(H2,27,28,31). The summed E-state index contributed by atoms with van der Waals surface area (Å²) in [7, 11) is 0. The third kappa shape index (κ3) is 4.97. The van der Waals surface area contributed by atoms with Crippen LogP contribution in [0.3, 0.4) is 0 Å². The zero-order valence-electron chi connectivity index (χ0n) is 16.9. The van der Waals surface area contributed by atoms with Gasteiger partial charge in [0, 0.05) is 34.5 Å². The summed E-state index contributed by atoms with van der Waals surface area (Å²) in [4.78, 5) is 24.6. The lowest BCUT2D eigenvalue weighted by Crippen LogP contribution is -2.19. The molecule has 0 unspecified atom stereocenters. The highest BCUT2D eigenvalue weighted by molar-refractivity contribution is 6.04. The van der Waals surface area contributed by atoms with Crippen LogP contribution in [0.5, 0.6) is 0 Å². The second-order valence-electron chi connectivity index (χ2n) is 6.91. The van der Waals surface area contributed by atoms with E-state index in [1.54, 1.807) is 59.4 Å². The Kier molecular flexibility index (Phi) is 5.75. The molecule has 1 aromatic heterocycles. The first-order valence-electron chi connectivity index (χ1n) is 9.74. The van der Waals surface area contributed by atoms with Crippen LogP contribution in [0, 0.1) is 6.92 Å². The summed E-state index contributed by atoms with van der Waals surface area (Å²) in [5.74, 6) is -0.216. The van der Waals surface area contributed by atoms with Crippen molar-refractivity contribution in [3.05, 3.63) is 102 Å². The molecule has 4 rings (SSSR count). The Labute approximate surface area is 179 Å². The zero-order chi connectivity index (χ0) is 21.6. The number of benzene rings is 3. The van der Waals surface area contributed by atoms with Crippen molar-refractivity contribution in [1.82, 2.24) is 9.78 Å². The second kappa shape index (κ2) is 8.96. The Hall–Kier alpha value is -4.39. The number of nitrogens with one attached hydrogen (secondary N) is 3. The number of urea groups is 1. The maximum Gasteiger partial charge on any atom is 0.323 e. The fraction of sp³-hybridized carbons (Fsp3) is 0.0417. The molecule has 0 fully saturated rings. The molecule has 4 aromatic rings. The number of carbonyl (C=O) groups is 2. The Morgan fingerprint density at radius 2 is 1.29 bits per heavy atom. The van der Waals surface area contributed by atoms with Crippen LogP contribution < -0.4 is 16.0 Å². The van der Waals surface area contributed by atoms with Gasteiger partial charge in [0.15, 0.2) is 0 Å². The lowest BCUT2D eigenvalue weighted by Gasteiger charge is -2.10. The van der Waals surface area contributed by atoms with Crippen molar-refractivity contribution in [2.24, 2.45) is 0 Å². The van der Waals surface area contributed by atoms with E-state index < -0.39 is 0 Å². The van der Waals surface area contributed by atoms with Crippen molar-refractivity contribution in [1.29, 1.82) is 0 Å². The van der Waals surface area contributed by atoms with Gasteiger partial charge in [0.1, 0.15) is 0 Å². The number of amides is 3. The first kappa shape index (κ1) is 19.9. The van der Waals surface area contributed by atoms with Crippen LogP contribution in [0.15, 0.2) is 91.1 Å². The molecule has 0 aliphatic heterocycles. The molecule has 0 radical (unpaired) electrons. The lowest BCUT2D eigenvalue weighted by atomic mass is 10.2. The first-order chi connectivity index (χ1) is 15.1. The van der Waals surface area contributed by atoms with E-state index in [-0.39, 0.29) is 11.9 Å². The average Bonchev–Trinajstić information content (AvgIpc) is 3.21. The van der Waals surface area contributed by atoms with Gasteiger partial charge in [-0.25, -0.2) is 9.48 Å². The summed E-state index contributed by atoms with van der Waals surface area (Å²) >= 11 is 0. The van der Waals surface area contributed by atoms with Crippen molar-refractivity contribution >= 4 is 29.0 Å². The van der Waals surface area contributed by atoms with Crippen LogP contribution in [0.1, 0.15) is 16.1 Å². The molecular formula is C24H21N5O2. The van der Waals surface area contributed by atoms with Gasteiger partial charge in [0.05, 0.1) is 5.69 Å². The third-order valence-electron chi connectivity index (χ3n) is 4.64. The highest BCUT2D eigenvalue weighted by Crippen LogP contribution is 2.17. The molecule has 3 amide bonds. The van der Waals surface area contributed by atoms with Crippen LogP contribution >= 0.6 is 0 Å². The number of nitrogens with zero attached hydrogens (tertiary/aromatic N) is 2. The summed E-state index contributed by atoms with van der Waals surface area (Å²) in [6.45, 7) is 1.97. The van der Waals surface area contributed by atoms with E-state index in [4.69, 9.17) is 0 Å². The predicted molar refractivity (Wildman–Crippen MR) is 122 cm³/mol. The van der Waals surface area contributed by atoms with Gasteiger partial charge in [-0.3, -0.25) is 4.79 Å². The average molecular weight is 411 g/mol. The van der Waals surface area contributed by atoms with Gasteiger partial charge in [-0.15, -0.1) is 0 Å². The van der Waals surface area contributed by atoms with Crippen LogP contribution in [-0.4, -0.2) is 21.7 Å². The molecule has 3 N–H and O–H groups in total. The highest BCUT2D eigenvalue weighted by atomic mass is 16.2. The summed E-state index contributed by atoms with van der Waals surface area (Å²) < 4.78 is 1.81. The van der Waals surface area contributed by atoms with Gasteiger partial charge in [-0.1, -0.05) is 18.2 Å². The van der Waals surface area contributed by atoms with Crippen molar-refractivity contribution in [2.45, 2.75) is 6.92 Å². The molecule has 0 aliphatic rings. The van der Waals surface area contributed by atoms with Crippen LogP contribution in [0.4, 0.5) is 21.9 Å². The van der Waals surface area contributed by atoms with Gasteiger partial charge in [0.2, 0.25) is 0 Å². The number of hydrogen-bond acceptors (Lipinski definition) is 3. The highest BCUT2D eigenvalue weighted by Gasteiger charge is 2.08. The van der Waals surface area contributed by atoms with Gasteiger partial charge in [-0.05, 0) is 73.7 Å². The normalized spacial score (nSPS) is 10.4. The van der Waals surface area contributed by atoms with Gasteiger partial charge < -0.3 is 16.0 Å². The van der Waals surface area contributed by atoms with E-state index >= 15 is 0 Å². The number of aryl methyl sites for hydroxylation is 1. The number of hydrogen-bond donors (Lipinski definition) is 3. The van der Waals surface area contributed by atoms with Gasteiger partial charge in [0.25, 0.3) is 5.91 Å². The Morgan fingerprint density at radius 1 is 0.710 bits per heavy atom. The minimum absolute atomic E-state index is 0.216. The maximum atomic E-state index is 12.5. The fourth-order valence-electron chi connectivity index (χ4n) is 3.05. The van der Waals surface area contributed by atoms with E-state index in [2.05, 4.69) is 21.0 Å². The van der Waals surface area contributed by atoms with Crippen LogP contribution in [0.25, 0.3) is 5.69 Å². The number of rotatable bonds is 5. The molecule has 0 saturated carbocycles. The molecule has 0 spiro atoms. The van der Waals surface area contributed by atoms with E-state index in [1.807, 2.05) is 43.3 Å². The number of anilines is 3. The van der Waals surface area contributed by atoms with Crippen molar-refractivity contribution < 1.29 is 9.59 Å².